The molecule has 3 nitrogen and oxygen atoms in total. The number of nitrogens with zero attached hydrogens (tertiary/aromatic N) is 3. The van der Waals surface area contributed by atoms with Crippen molar-refractivity contribution in [1.29, 1.82) is 0 Å². The van der Waals surface area contributed by atoms with Gasteiger partial charge in [-0.25, -0.2) is 15.3 Å². The Labute approximate surface area is 68.3 Å². The van der Waals surface area contributed by atoms with Crippen LogP contribution < -0.4 is 5.32 Å². The normalized spacial score (nSPS) is 29.5. The lowest BCUT2D eigenvalue weighted by Gasteiger charge is -2.34. The van der Waals surface area contributed by atoms with Gasteiger partial charge in [0, 0.05) is 39.3 Å². The Kier molecular flexibility index (Phi) is 2.41. The van der Waals surface area contributed by atoms with E-state index in [-0.39, 0.29) is 0 Å². The van der Waals surface area contributed by atoms with Crippen LogP contribution in [0, 0.1) is 0 Å². The van der Waals surface area contributed by atoms with E-state index in [2.05, 4.69) is 15.3 Å². The van der Waals surface area contributed by atoms with E-state index in [4.69, 9.17) is 0 Å². The van der Waals surface area contributed by atoms with Crippen molar-refractivity contribution in [1.82, 2.24) is 15.3 Å². The summed E-state index contributed by atoms with van der Waals surface area (Å²) < 4.78 is 0. The van der Waals surface area contributed by atoms with Crippen LogP contribution in [0.2, 0.25) is 0 Å². The van der Waals surface area contributed by atoms with Gasteiger partial charge in [0.25, 0.3) is 0 Å². The molecule has 11 heavy (non-hydrogen) atoms. The third-order valence-electron chi connectivity index (χ3n) is 2.51. The summed E-state index contributed by atoms with van der Waals surface area (Å²) in [6.45, 7) is 6.94. The Morgan fingerprint density at radius 3 is 1.91 bits per heavy atom. The van der Waals surface area contributed by atoms with Crippen LogP contribution in [0.15, 0.2) is 0 Å². The van der Waals surface area contributed by atoms with E-state index in [1.54, 1.807) is 0 Å². The standard InChI is InChI=1S/C8H16N3/c1-2-6-10(5-1)11-7-3-9-4-8-11/h1-8H2. The van der Waals surface area contributed by atoms with E-state index in [1.807, 2.05) is 0 Å². The zero-order valence-electron chi connectivity index (χ0n) is 7.00. The fourth-order valence-corrected chi connectivity index (χ4v) is 1.86. The highest BCUT2D eigenvalue weighted by Crippen LogP contribution is 2.11. The summed E-state index contributed by atoms with van der Waals surface area (Å²) in [5, 5.41) is 9.30. The van der Waals surface area contributed by atoms with Crippen molar-refractivity contribution in [3.8, 4) is 0 Å². The van der Waals surface area contributed by atoms with Gasteiger partial charge in [0.05, 0.1) is 0 Å². The van der Waals surface area contributed by atoms with Gasteiger partial charge in [-0.3, -0.25) is 0 Å². The first-order chi connectivity index (χ1) is 5.47. The van der Waals surface area contributed by atoms with Gasteiger partial charge in [-0.1, -0.05) is 0 Å². The molecule has 3 heteroatoms. The average Bonchev–Trinajstić information content (AvgIpc) is 2.58. The Hall–Kier alpha value is -0.120. The predicted molar refractivity (Wildman–Crippen MR) is 44.2 cm³/mol. The first kappa shape index (κ1) is 7.53. The second-order valence-electron chi connectivity index (χ2n) is 3.29. The predicted octanol–water partition coefficient (Wildman–Crippen LogP) is -0.0828. The van der Waals surface area contributed by atoms with Crippen molar-refractivity contribution < 1.29 is 0 Å². The number of hydrogen-bond acceptors (Lipinski definition) is 2. The molecule has 0 spiro atoms. The molecule has 2 aliphatic rings. The minimum absolute atomic E-state index is 1.04. The number of hydrogen-bond donors (Lipinski definition) is 0. The van der Waals surface area contributed by atoms with E-state index >= 15 is 0 Å². The van der Waals surface area contributed by atoms with Crippen molar-refractivity contribution in [3.63, 3.8) is 0 Å². The smallest absolute Gasteiger partial charge is 0.0275 e. The highest BCUT2D eigenvalue weighted by molar-refractivity contribution is 4.70. The van der Waals surface area contributed by atoms with Crippen molar-refractivity contribution in [2.24, 2.45) is 0 Å². The molecule has 0 unspecified atom stereocenters. The molecule has 2 saturated heterocycles. The summed E-state index contributed by atoms with van der Waals surface area (Å²) in [6.07, 6.45) is 2.77. The van der Waals surface area contributed by atoms with Gasteiger partial charge in [0.2, 0.25) is 0 Å². The minimum atomic E-state index is 1.04. The monoisotopic (exact) mass is 154 g/mol. The van der Waals surface area contributed by atoms with Crippen molar-refractivity contribution in [2.75, 3.05) is 39.3 Å². The van der Waals surface area contributed by atoms with Gasteiger partial charge in [-0.2, -0.15) is 0 Å². The molecule has 0 bridgehead atoms. The number of piperazine rings is 1. The van der Waals surface area contributed by atoms with Crippen molar-refractivity contribution in [3.05, 3.63) is 0 Å². The van der Waals surface area contributed by atoms with Crippen LogP contribution in [-0.2, 0) is 0 Å². The second kappa shape index (κ2) is 3.52. The summed E-state index contributed by atoms with van der Waals surface area (Å²) in [5.41, 5.74) is 0. The first-order valence-electron chi connectivity index (χ1n) is 4.60. The fraction of sp³-hybridized carbons (Fsp3) is 1.00. The van der Waals surface area contributed by atoms with Crippen LogP contribution in [0.25, 0.3) is 0 Å². The molecular formula is C8H16N3. The third kappa shape index (κ3) is 1.72. The number of rotatable bonds is 1. The molecule has 1 radical (unpaired) electrons. The Morgan fingerprint density at radius 2 is 1.27 bits per heavy atom. The average molecular weight is 154 g/mol. The topological polar surface area (TPSA) is 20.6 Å². The lowest BCUT2D eigenvalue weighted by Crippen LogP contribution is -2.49. The summed E-state index contributed by atoms with van der Waals surface area (Å²) in [4.78, 5) is 0. The molecular weight excluding hydrogens is 138 g/mol. The second-order valence-corrected chi connectivity index (χ2v) is 3.29. The van der Waals surface area contributed by atoms with E-state index in [1.165, 1.54) is 25.9 Å². The van der Waals surface area contributed by atoms with Crippen LogP contribution in [-0.4, -0.2) is 49.3 Å². The van der Waals surface area contributed by atoms with Crippen LogP contribution in [0.1, 0.15) is 12.8 Å². The highest BCUT2D eigenvalue weighted by atomic mass is 15.6. The van der Waals surface area contributed by atoms with Gasteiger partial charge in [0.1, 0.15) is 0 Å². The molecule has 0 N–H and O–H groups in total. The van der Waals surface area contributed by atoms with Gasteiger partial charge in [0.15, 0.2) is 0 Å². The molecule has 0 aromatic heterocycles. The first-order valence-corrected chi connectivity index (χ1v) is 4.60. The van der Waals surface area contributed by atoms with E-state index in [0.29, 0.717) is 0 Å². The van der Waals surface area contributed by atoms with Gasteiger partial charge >= 0.3 is 0 Å². The lowest BCUT2D eigenvalue weighted by molar-refractivity contribution is -0.0135. The fourth-order valence-electron chi connectivity index (χ4n) is 1.86. The molecule has 0 aliphatic carbocycles. The maximum atomic E-state index is 4.33. The zero-order chi connectivity index (χ0) is 7.52. The van der Waals surface area contributed by atoms with Crippen LogP contribution in [0.5, 0.6) is 0 Å². The summed E-state index contributed by atoms with van der Waals surface area (Å²) in [7, 11) is 0. The Morgan fingerprint density at radius 1 is 0.727 bits per heavy atom. The highest BCUT2D eigenvalue weighted by Gasteiger charge is 2.20. The SMILES string of the molecule is C1CCN(N2CC[N]CC2)C1. The maximum Gasteiger partial charge on any atom is 0.0275 e. The van der Waals surface area contributed by atoms with Crippen molar-refractivity contribution >= 4 is 0 Å². The molecule has 0 saturated carbocycles. The van der Waals surface area contributed by atoms with Crippen LogP contribution in [0.4, 0.5) is 0 Å². The molecule has 0 aromatic rings. The van der Waals surface area contributed by atoms with Crippen LogP contribution >= 0.6 is 0 Å². The minimum Gasteiger partial charge on any atom is -0.242 e. The van der Waals surface area contributed by atoms with E-state index in [9.17, 15) is 0 Å². The summed E-state index contributed by atoms with van der Waals surface area (Å²) >= 11 is 0. The van der Waals surface area contributed by atoms with Crippen LogP contribution in [0.3, 0.4) is 0 Å². The molecule has 0 atom stereocenters. The summed E-state index contributed by atoms with van der Waals surface area (Å²) in [5.74, 6) is 0. The number of hydrazine groups is 1. The van der Waals surface area contributed by atoms with Crippen molar-refractivity contribution in [2.45, 2.75) is 12.8 Å². The lowest BCUT2D eigenvalue weighted by atomic mass is 10.4. The van der Waals surface area contributed by atoms with Gasteiger partial charge in [-0.15, -0.1) is 0 Å². The van der Waals surface area contributed by atoms with Gasteiger partial charge in [-0.05, 0) is 12.8 Å². The van der Waals surface area contributed by atoms with E-state index < -0.39 is 0 Å². The molecule has 2 fully saturated rings. The molecule has 63 valence electrons. The molecule has 2 aliphatic heterocycles. The largest absolute Gasteiger partial charge is 0.242 e. The van der Waals surface area contributed by atoms with E-state index in [0.717, 1.165) is 26.2 Å². The quantitative estimate of drug-likeness (QED) is 0.526. The molecule has 0 aromatic carbocycles. The Bertz CT molecular complexity index is 115. The maximum absolute atomic E-state index is 4.33. The molecule has 2 heterocycles. The summed E-state index contributed by atoms with van der Waals surface area (Å²) in [6, 6.07) is 0. The zero-order valence-corrected chi connectivity index (χ0v) is 7.00. The van der Waals surface area contributed by atoms with Gasteiger partial charge < -0.3 is 0 Å². The third-order valence-corrected chi connectivity index (χ3v) is 2.51. The molecule has 2 rings (SSSR count). The Balaban J connectivity index is 1.82. The molecule has 0 amide bonds.